The first-order valence-electron chi connectivity index (χ1n) is 6.68. The second-order valence-electron chi connectivity index (χ2n) is 4.54. The van der Waals surface area contributed by atoms with Gasteiger partial charge >= 0.3 is 63.3 Å². The number of carbonyl (C=O) groups excluding carboxylic acids is 1. The van der Waals surface area contributed by atoms with Crippen molar-refractivity contribution in [3.8, 4) is 0 Å². The maximum atomic E-state index is 11.6. The van der Waals surface area contributed by atoms with Crippen molar-refractivity contribution >= 4 is 73.4 Å². The monoisotopic (exact) mass is 366 g/mol. The molecule has 0 fully saturated rings. The Morgan fingerprint density at radius 2 is 1.77 bits per heavy atom. The molecule has 2 N–H and O–H groups in total. The van der Waals surface area contributed by atoms with E-state index in [-0.39, 0.29) is 51.4 Å². The summed E-state index contributed by atoms with van der Waals surface area (Å²) in [6.07, 6.45) is 1.77. The summed E-state index contributed by atoms with van der Waals surface area (Å²) < 4.78 is 40.6. The summed E-state index contributed by atoms with van der Waals surface area (Å²) in [7, 11) is -4.85. The topological polar surface area (TPSA) is 127 Å². The van der Waals surface area contributed by atoms with E-state index in [1.165, 1.54) is 6.92 Å². The van der Waals surface area contributed by atoms with E-state index in [9.17, 15) is 18.0 Å². The number of rotatable bonds is 11. The predicted octanol–water partition coefficient (Wildman–Crippen LogP) is 0.555. The van der Waals surface area contributed by atoms with Crippen LogP contribution in [0.2, 0.25) is 0 Å². The first kappa shape index (κ1) is 24.7. The van der Waals surface area contributed by atoms with E-state index in [4.69, 9.17) is 14.4 Å². The molecule has 0 amide bonds. The van der Waals surface area contributed by atoms with E-state index in [1.54, 1.807) is 0 Å². The molecule has 22 heavy (non-hydrogen) atoms. The van der Waals surface area contributed by atoms with Gasteiger partial charge in [-0.25, -0.2) is 0 Å². The van der Waals surface area contributed by atoms with Crippen LogP contribution in [0.25, 0.3) is 0 Å². The molecule has 0 aliphatic heterocycles. The molecule has 0 spiro atoms. The summed E-state index contributed by atoms with van der Waals surface area (Å²) in [5.41, 5.74) is 0. The second kappa shape index (κ2) is 12.8. The number of ether oxygens (including phenoxy) is 2. The number of aliphatic carboxylic acids is 1. The van der Waals surface area contributed by atoms with Gasteiger partial charge in [-0.3, -0.25) is 14.1 Å². The van der Waals surface area contributed by atoms with Crippen molar-refractivity contribution in [1.29, 1.82) is 0 Å². The Morgan fingerprint density at radius 1 is 1.18 bits per heavy atom. The van der Waals surface area contributed by atoms with Gasteiger partial charge in [0, 0.05) is 0 Å². The van der Waals surface area contributed by atoms with Crippen molar-refractivity contribution in [2.24, 2.45) is 0 Å². The van der Waals surface area contributed by atoms with Crippen LogP contribution in [0, 0.1) is 0 Å². The number of esters is 1. The average molecular weight is 366 g/mol. The second-order valence-corrected chi connectivity index (χ2v) is 6.14. The fraction of sp³-hybridized carbons (Fsp3) is 0.833. The fourth-order valence-electron chi connectivity index (χ4n) is 1.52. The molecule has 0 aromatic rings. The van der Waals surface area contributed by atoms with E-state index in [1.807, 2.05) is 0 Å². The molecule has 0 radical (unpaired) electrons. The molecule has 8 nitrogen and oxygen atoms in total. The van der Waals surface area contributed by atoms with Gasteiger partial charge in [0.1, 0.15) is 0 Å². The summed E-state index contributed by atoms with van der Waals surface area (Å²) in [5, 5.41) is 6.39. The van der Waals surface area contributed by atoms with E-state index in [0.717, 1.165) is 25.7 Å². The molecule has 126 valence electrons. The number of hydrogen-bond donors (Lipinski definition) is 2. The van der Waals surface area contributed by atoms with Crippen LogP contribution in [-0.4, -0.2) is 99.5 Å². The van der Waals surface area contributed by atoms with Gasteiger partial charge in [-0.2, -0.15) is 8.42 Å². The molecule has 2 atom stereocenters. The first-order valence-corrected chi connectivity index (χ1v) is 8.19. The molecule has 10 heteroatoms. The molecule has 0 aliphatic carbocycles. The predicted molar refractivity (Wildman–Crippen MR) is 80.4 cm³/mol. The quantitative estimate of drug-likeness (QED) is 0.178. The molecule has 0 saturated heterocycles. The Balaban J connectivity index is 0. The molecule has 2 unspecified atom stereocenters. The van der Waals surface area contributed by atoms with Gasteiger partial charge in [0.2, 0.25) is 0 Å². The molecule has 0 aromatic heterocycles. The zero-order chi connectivity index (χ0) is 16.5. The van der Waals surface area contributed by atoms with E-state index in [2.05, 4.69) is 11.7 Å². The normalized spacial score (nSPS) is 13.8. The van der Waals surface area contributed by atoms with Gasteiger partial charge in [-0.05, 0) is 13.3 Å². The fourth-order valence-corrected chi connectivity index (χ4v) is 2.17. The number of hydrogen-bond acceptors (Lipinski definition) is 6. The molecular formula is C12H23KO8S. The minimum absolute atomic E-state index is 0. The van der Waals surface area contributed by atoms with Gasteiger partial charge in [0.15, 0.2) is 11.5 Å². The van der Waals surface area contributed by atoms with Gasteiger partial charge in [-0.1, -0.05) is 26.2 Å². The summed E-state index contributed by atoms with van der Waals surface area (Å²) in [6.45, 7) is 3.78. The maximum absolute atomic E-state index is 11.6. The van der Waals surface area contributed by atoms with Crippen molar-refractivity contribution in [2.45, 2.75) is 57.5 Å². The van der Waals surface area contributed by atoms with Gasteiger partial charge in [-0.15, -0.1) is 0 Å². The van der Waals surface area contributed by atoms with Crippen LogP contribution < -0.4 is 0 Å². The summed E-state index contributed by atoms with van der Waals surface area (Å²) in [5.74, 6) is -2.89. The molecule has 0 bridgehead atoms. The van der Waals surface area contributed by atoms with Crippen molar-refractivity contribution in [3.63, 3.8) is 0 Å². The third kappa shape index (κ3) is 11.9. The van der Waals surface area contributed by atoms with Crippen LogP contribution in [-0.2, 0) is 29.2 Å². The van der Waals surface area contributed by atoms with Crippen LogP contribution in [0.1, 0.15) is 46.0 Å². The number of unbranched alkanes of at least 4 members (excludes halogenated alkanes) is 3. The molecule has 0 rings (SSSR count). The Labute approximate surface area is 173 Å². The standard InChI is InChI=1S/C12H22O8S.K.H/c1-3-4-5-6-7-19-9(2)20-12(15)10(8-11(13)14)21(16,17)18;;/h9-10H,3-8H2,1-2H3,(H,13,14)(H,16,17,18);;. The number of carbonyl (C=O) groups is 2. The Bertz CT molecular complexity index is 436. The third-order valence-electron chi connectivity index (χ3n) is 2.62. The molecule has 0 heterocycles. The van der Waals surface area contributed by atoms with Crippen molar-refractivity contribution < 1.29 is 37.1 Å². The van der Waals surface area contributed by atoms with Crippen molar-refractivity contribution in [2.75, 3.05) is 6.61 Å². The molecule has 0 saturated carbocycles. The SMILES string of the molecule is CCCCCCOC(C)OC(=O)C(CC(=O)O)S(=O)(=O)O.[KH]. The summed E-state index contributed by atoms with van der Waals surface area (Å²) >= 11 is 0. The van der Waals surface area contributed by atoms with Crippen LogP contribution in [0.15, 0.2) is 0 Å². The first-order chi connectivity index (χ1) is 9.68. The van der Waals surface area contributed by atoms with Crippen LogP contribution in [0.3, 0.4) is 0 Å². The third-order valence-corrected chi connectivity index (χ3v) is 3.69. The Morgan fingerprint density at radius 3 is 2.23 bits per heavy atom. The summed E-state index contributed by atoms with van der Waals surface area (Å²) in [4.78, 5) is 22.1. The van der Waals surface area contributed by atoms with Gasteiger partial charge in [0.25, 0.3) is 10.1 Å². The number of carboxylic acids is 1. The number of carboxylic acid groups (broad SMARTS) is 1. The van der Waals surface area contributed by atoms with E-state index >= 15 is 0 Å². The zero-order valence-electron chi connectivity index (χ0n) is 12.1. The molecule has 0 aliphatic rings. The average Bonchev–Trinajstić information content (AvgIpc) is 2.34. The van der Waals surface area contributed by atoms with Gasteiger partial charge in [0.05, 0.1) is 13.0 Å². The molecular weight excluding hydrogens is 343 g/mol. The summed E-state index contributed by atoms with van der Waals surface area (Å²) in [6, 6.07) is 0. The Kier molecular flexibility index (Phi) is 14.4. The van der Waals surface area contributed by atoms with Crippen LogP contribution in [0.5, 0.6) is 0 Å². The van der Waals surface area contributed by atoms with E-state index in [0.29, 0.717) is 6.61 Å². The van der Waals surface area contributed by atoms with Crippen molar-refractivity contribution in [1.82, 2.24) is 0 Å². The van der Waals surface area contributed by atoms with E-state index < -0.39 is 40.0 Å². The zero-order valence-corrected chi connectivity index (χ0v) is 13.0. The van der Waals surface area contributed by atoms with Crippen LogP contribution in [0.4, 0.5) is 0 Å². The van der Waals surface area contributed by atoms with Gasteiger partial charge < -0.3 is 14.6 Å². The minimum atomic E-state index is -4.85. The van der Waals surface area contributed by atoms with Crippen LogP contribution >= 0.6 is 0 Å². The molecule has 0 aromatic carbocycles. The van der Waals surface area contributed by atoms with Crippen molar-refractivity contribution in [3.05, 3.63) is 0 Å². The Hall–Kier alpha value is 0.446.